The van der Waals surface area contributed by atoms with Crippen LogP contribution in [0.5, 0.6) is 0 Å². The number of aromatic nitrogens is 3. The molecule has 1 aliphatic rings. The fraction of sp³-hybridized carbons (Fsp3) is 0.235. The first kappa shape index (κ1) is 13.0. The Bertz CT molecular complexity index is 812. The van der Waals surface area contributed by atoms with Crippen molar-refractivity contribution in [1.29, 1.82) is 0 Å². The summed E-state index contributed by atoms with van der Waals surface area (Å²) in [4.78, 5) is 23.1. The maximum Gasteiger partial charge on any atom is 0.329 e. The van der Waals surface area contributed by atoms with Gasteiger partial charge in [0.05, 0.1) is 11.0 Å². The molecule has 0 bridgehead atoms. The molecule has 22 heavy (non-hydrogen) atoms. The van der Waals surface area contributed by atoms with Crippen molar-refractivity contribution >= 4 is 17.1 Å². The maximum absolute atomic E-state index is 12.7. The smallest absolute Gasteiger partial charge is 0.323 e. The van der Waals surface area contributed by atoms with Gasteiger partial charge in [0, 0.05) is 31.4 Å². The van der Waals surface area contributed by atoms with E-state index in [0.29, 0.717) is 5.92 Å². The van der Waals surface area contributed by atoms with Crippen molar-refractivity contribution in [3.05, 3.63) is 60.7 Å². The van der Waals surface area contributed by atoms with E-state index in [4.69, 9.17) is 0 Å². The van der Waals surface area contributed by atoms with Crippen LogP contribution in [0.15, 0.2) is 55.1 Å². The third kappa shape index (κ3) is 2.15. The molecule has 1 atom stereocenters. The Hall–Kier alpha value is -2.69. The third-order valence-corrected chi connectivity index (χ3v) is 4.27. The molecule has 110 valence electrons. The van der Waals surface area contributed by atoms with Crippen LogP contribution in [0.4, 0.5) is 4.79 Å². The van der Waals surface area contributed by atoms with E-state index in [-0.39, 0.29) is 6.03 Å². The maximum atomic E-state index is 12.7. The number of carbonyl (C=O) groups excluding carboxylic acids is 1. The zero-order chi connectivity index (χ0) is 14.9. The number of para-hydroxylation sites is 2. The van der Waals surface area contributed by atoms with Gasteiger partial charge >= 0.3 is 6.03 Å². The number of hydrogen-bond donors (Lipinski definition) is 0. The Morgan fingerprint density at radius 2 is 2.09 bits per heavy atom. The second-order valence-corrected chi connectivity index (χ2v) is 5.60. The fourth-order valence-electron chi connectivity index (χ4n) is 3.09. The number of rotatable bonds is 1. The second kappa shape index (κ2) is 5.26. The fourth-order valence-corrected chi connectivity index (χ4v) is 3.09. The van der Waals surface area contributed by atoms with Gasteiger partial charge in [-0.1, -0.05) is 18.2 Å². The molecule has 1 unspecified atom stereocenters. The highest BCUT2D eigenvalue weighted by molar-refractivity contribution is 5.89. The summed E-state index contributed by atoms with van der Waals surface area (Å²) in [5, 5.41) is 0. The summed E-state index contributed by atoms with van der Waals surface area (Å²) in [6.45, 7) is 1.50. The lowest BCUT2D eigenvalue weighted by Crippen LogP contribution is -2.32. The Labute approximate surface area is 128 Å². The van der Waals surface area contributed by atoms with Gasteiger partial charge in [-0.25, -0.2) is 9.78 Å². The largest absolute Gasteiger partial charge is 0.329 e. The van der Waals surface area contributed by atoms with E-state index in [9.17, 15) is 4.79 Å². The van der Waals surface area contributed by atoms with E-state index in [0.717, 1.165) is 30.5 Å². The van der Waals surface area contributed by atoms with Crippen LogP contribution < -0.4 is 0 Å². The SMILES string of the molecule is O=C(N1CCC(c2cccnc2)C1)n1cnc2ccccc21. The molecule has 0 spiro atoms. The van der Waals surface area contributed by atoms with Crippen molar-refractivity contribution < 1.29 is 4.79 Å². The number of amides is 1. The summed E-state index contributed by atoms with van der Waals surface area (Å²) in [7, 11) is 0. The standard InChI is InChI=1S/C17H16N4O/c22-17(21-12-19-15-5-1-2-6-16(15)21)20-9-7-14(11-20)13-4-3-8-18-10-13/h1-6,8,10,12,14H,7,9,11H2. The molecule has 3 aromatic rings. The number of nitrogens with zero attached hydrogens (tertiary/aromatic N) is 4. The van der Waals surface area contributed by atoms with E-state index in [1.807, 2.05) is 41.4 Å². The zero-order valence-corrected chi connectivity index (χ0v) is 12.1. The van der Waals surface area contributed by atoms with Crippen LogP contribution in [0.3, 0.4) is 0 Å². The molecule has 1 aliphatic heterocycles. The molecule has 1 saturated heterocycles. The zero-order valence-electron chi connectivity index (χ0n) is 12.1. The van der Waals surface area contributed by atoms with E-state index < -0.39 is 0 Å². The first-order valence-electron chi connectivity index (χ1n) is 7.44. The van der Waals surface area contributed by atoms with Gasteiger partial charge in [-0.3, -0.25) is 9.55 Å². The number of likely N-dealkylation sites (tertiary alicyclic amines) is 1. The minimum absolute atomic E-state index is 0.0000836. The number of hydrogen-bond acceptors (Lipinski definition) is 3. The topological polar surface area (TPSA) is 51.0 Å². The van der Waals surface area contributed by atoms with Gasteiger partial charge in [-0.05, 0) is 30.2 Å². The van der Waals surface area contributed by atoms with E-state index in [1.165, 1.54) is 5.56 Å². The number of imidazole rings is 1. The Kier molecular flexibility index (Phi) is 3.11. The molecule has 3 heterocycles. The summed E-state index contributed by atoms with van der Waals surface area (Å²) in [5.74, 6) is 0.368. The highest BCUT2D eigenvalue weighted by atomic mass is 16.2. The van der Waals surface area contributed by atoms with Crippen molar-refractivity contribution in [2.45, 2.75) is 12.3 Å². The van der Waals surface area contributed by atoms with Crippen LogP contribution in [0.25, 0.3) is 11.0 Å². The van der Waals surface area contributed by atoms with Crippen molar-refractivity contribution in [3.63, 3.8) is 0 Å². The average molecular weight is 292 g/mol. The van der Waals surface area contributed by atoms with Gasteiger partial charge in [-0.15, -0.1) is 0 Å². The van der Waals surface area contributed by atoms with Gasteiger partial charge in [0.1, 0.15) is 6.33 Å². The van der Waals surface area contributed by atoms with Gasteiger partial charge in [-0.2, -0.15) is 0 Å². The Morgan fingerprint density at radius 1 is 1.18 bits per heavy atom. The van der Waals surface area contributed by atoms with Crippen LogP contribution in [0.1, 0.15) is 17.9 Å². The minimum atomic E-state index is 0.0000836. The van der Waals surface area contributed by atoms with Crippen LogP contribution in [-0.2, 0) is 0 Å². The number of benzene rings is 1. The molecular formula is C17H16N4O. The second-order valence-electron chi connectivity index (χ2n) is 5.60. The summed E-state index contributed by atoms with van der Waals surface area (Å²) >= 11 is 0. The third-order valence-electron chi connectivity index (χ3n) is 4.27. The van der Waals surface area contributed by atoms with Crippen molar-refractivity contribution in [3.8, 4) is 0 Å². The average Bonchev–Trinajstić information content (AvgIpc) is 3.22. The van der Waals surface area contributed by atoms with Gasteiger partial charge < -0.3 is 4.90 Å². The molecule has 4 rings (SSSR count). The van der Waals surface area contributed by atoms with Crippen LogP contribution in [0.2, 0.25) is 0 Å². The van der Waals surface area contributed by atoms with E-state index >= 15 is 0 Å². The van der Waals surface area contributed by atoms with Crippen molar-refractivity contribution in [1.82, 2.24) is 19.4 Å². The predicted molar refractivity (Wildman–Crippen MR) is 83.7 cm³/mol. The normalized spacial score (nSPS) is 18.0. The van der Waals surface area contributed by atoms with Crippen molar-refractivity contribution in [2.75, 3.05) is 13.1 Å². The van der Waals surface area contributed by atoms with E-state index in [1.54, 1.807) is 17.1 Å². The lowest BCUT2D eigenvalue weighted by atomic mass is 10.0. The first-order valence-corrected chi connectivity index (χ1v) is 7.44. The lowest BCUT2D eigenvalue weighted by Gasteiger charge is -2.17. The number of pyridine rings is 1. The summed E-state index contributed by atoms with van der Waals surface area (Å²) in [6.07, 6.45) is 6.26. The molecule has 0 saturated carbocycles. The van der Waals surface area contributed by atoms with Crippen LogP contribution in [0, 0.1) is 0 Å². The molecule has 0 N–H and O–H groups in total. The molecule has 1 aromatic carbocycles. The monoisotopic (exact) mass is 292 g/mol. The van der Waals surface area contributed by atoms with Crippen molar-refractivity contribution in [2.24, 2.45) is 0 Å². The number of fused-ring (bicyclic) bond motifs is 1. The first-order chi connectivity index (χ1) is 10.8. The lowest BCUT2D eigenvalue weighted by molar-refractivity contribution is 0.211. The van der Waals surface area contributed by atoms with Crippen LogP contribution in [-0.4, -0.2) is 38.6 Å². The highest BCUT2D eigenvalue weighted by Crippen LogP contribution is 2.27. The molecule has 2 aromatic heterocycles. The Balaban J connectivity index is 1.57. The predicted octanol–water partition coefficient (Wildman–Crippen LogP) is 2.89. The van der Waals surface area contributed by atoms with Gasteiger partial charge in [0.15, 0.2) is 0 Å². The molecular weight excluding hydrogens is 276 g/mol. The summed E-state index contributed by atoms with van der Waals surface area (Å²) in [5.41, 5.74) is 2.91. The van der Waals surface area contributed by atoms with Gasteiger partial charge in [0.25, 0.3) is 0 Å². The number of carbonyl (C=O) groups is 1. The molecule has 5 heteroatoms. The molecule has 5 nitrogen and oxygen atoms in total. The molecule has 1 fully saturated rings. The summed E-state index contributed by atoms with van der Waals surface area (Å²) in [6, 6.07) is 11.7. The quantitative estimate of drug-likeness (QED) is 0.693. The highest BCUT2D eigenvalue weighted by Gasteiger charge is 2.28. The molecule has 0 radical (unpaired) electrons. The van der Waals surface area contributed by atoms with E-state index in [2.05, 4.69) is 16.0 Å². The van der Waals surface area contributed by atoms with Crippen LogP contribution >= 0.6 is 0 Å². The Morgan fingerprint density at radius 3 is 2.95 bits per heavy atom. The summed E-state index contributed by atoms with van der Waals surface area (Å²) < 4.78 is 1.64. The molecule has 0 aliphatic carbocycles. The minimum Gasteiger partial charge on any atom is -0.323 e. The van der Waals surface area contributed by atoms with Gasteiger partial charge in [0.2, 0.25) is 0 Å². The molecule has 1 amide bonds.